The molecule has 0 fully saturated rings. The van der Waals surface area contributed by atoms with Gasteiger partial charge in [-0.3, -0.25) is 5.10 Å². The molecule has 2 rings (SSSR count). The zero-order valence-corrected chi connectivity index (χ0v) is 7.89. The molecule has 0 unspecified atom stereocenters. The molecule has 1 radical (unpaired) electrons. The summed E-state index contributed by atoms with van der Waals surface area (Å²) in [5.74, 6) is 0. The van der Waals surface area contributed by atoms with Gasteiger partial charge < -0.3 is 0 Å². The molecule has 0 aliphatic heterocycles. The molecule has 1 aromatic carbocycles. The van der Waals surface area contributed by atoms with Crippen LogP contribution in [0.4, 0.5) is 0 Å². The number of nitrogens with zero attached hydrogens (tertiary/aromatic N) is 1. The van der Waals surface area contributed by atoms with Crippen LogP contribution in [0.15, 0.2) is 24.3 Å². The number of aromatic amines is 1. The molecule has 1 N–H and O–H groups in total. The normalized spacial score (nSPS) is 10.3. The maximum absolute atomic E-state index is 6.03. The van der Waals surface area contributed by atoms with Gasteiger partial charge >= 0.3 is 0 Å². The van der Waals surface area contributed by atoms with Crippen LogP contribution in [0.25, 0.3) is 11.3 Å². The Morgan fingerprint density at radius 3 is 2.77 bits per heavy atom. The minimum Gasteiger partial charge on any atom is -0.277 e. The number of halogens is 1. The molecule has 1 heterocycles. The highest BCUT2D eigenvalue weighted by Gasteiger charge is 2.06. The van der Waals surface area contributed by atoms with E-state index >= 15 is 0 Å². The highest BCUT2D eigenvalue weighted by atomic mass is 35.5. The molecular formula is C10H8ClN2. The van der Waals surface area contributed by atoms with Gasteiger partial charge in [0.05, 0.1) is 5.69 Å². The second kappa shape index (κ2) is 3.23. The molecule has 0 bridgehead atoms. The van der Waals surface area contributed by atoms with E-state index in [9.17, 15) is 0 Å². The molecule has 0 saturated heterocycles. The van der Waals surface area contributed by atoms with Crippen molar-refractivity contribution >= 4 is 11.6 Å². The number of aryl methyl sites for hydroxylation is 1. The largest absolute Gasteiger partial charge is 0.277 e. The third kappa shape index (κ3) is 1.45. The molecule has 0 aliphatic carbocycles. The highest BCUT2D eigenvalue weighted by Crippen LogP contribution is 2.27. The summed E-state index contributed by atoms with van der Waals surface area (Å²) in [6.45, 7) is 1.95. The van der Waals surface area contributed by atoms with E-state index in [0.717, 1.165) is 21.8 Å². The van der Waals surface area contributed by atoms with Crippen molar-refractivity contribution in [2.24, 2.45) is 0 Å². The summed E-state index contributed by atoms with van der Waals surface area (Å²) in [4.78, 5) is 0. The number of aromatic nitrogens is 2. The van der Waals surface area contributed by atoms with Crippen molar-refractivity contribution in [2.45, 2.75) is 6.92 Å². The number of benzene rings is 1. The first-order valence-corrected chi connectivity index (χ1v) is 4.34. The van der Waals surface area contributed by atoms with E-state index in [0.29, 0.717) is 0 Å². The van der Waals surface area contributed by atoms with E-state index in [1.165, 1.54) is 0 Å². The monoisotopic (exact) mass is 191 g/mol. The van der Waals surface area contributed by atoms with Crippen molar-refractivity contribution in [1.29, 1.82) is 0 Å². The minimum atomic E-state index is 0.725. The van der Waals surface area contributed by atoms with Crippen molar-refractivity contribution in [1.82, 2.24) is 10.2 Å². The zero-order valence-electron chi connectivity index (χ0n) is 7.13. The Morgan fingerprint density at radius 2 is 2.15 bits per heavy atom. The summed E-state index contributed by atoms with van der Waals surface area (Å²) in [7, 11) is 0. The number of rotatable bonds is 1. The van der Waals surface area contributed by atoms with Crippen LogP contribution in [0, 0.1) is 13.1 Å². The molecule has 65 valence electrons. The van der Waals surface area contributed by atoms with Gasteiger partial charge in [0.25, 0.3) is 0 Å². The van der Waals surface area contributed by atoms with Gasteiger partial charge in [0, 0.05) is 16.1 Å². The van der Waals surface area contributed by atoms with Gasteiger partial charge in [0.2, 0.25) is 0 Å². The molecule has 1 aromatic heterocycles. The summed E-state index contributed by atoms with van der Waals surface area (Å²) < 4.78 is 0. The molecule has 0 atom stereocenters. The first kappa shape index (κ1) is 8.32. The Balaban J connectivity index is 2.59. The fraction of sp³-hybridized carbons (Fsp3) is 0.100. The topological polar surface area (TPSA) is 28.7 Å². The van der Waals surface area contributed by atoms with Crippen LogP contribution in [0.5, 0.6) is 0 Å². The van der Waals surface area contributed by atoms with Gasteiger partial charge in [-0.05, 0) is 13.0 Å². The Kier molecular flexibility index (Phi) is 2.07. The number of H-pyrrole nitrogens is 1. The highest BCUT2D eigenvalue weighted by molar-refractivity contribution is 6.33. The Bertz CT molecular complexity index is 420. The number of hydrogen-bond donors (Lipinski definition) is 1. The third-order valence-corrected chi connectivity index (χ3v) is 2.24. The van der Waals surface area contributed by atoms with Crippen molar-refractivity contribution in [3.63, 3.8) is 0 Å². The lowest BCUT2D eigenvalue weighted by Gasteiger charge is -2.01. The van der Waals surface area contributed by atoms with Crippen molar-refractivity contribution in [3.8, 4) is 11.3 Å². The average molecular weight is 192 g/mol. The van der Waals surface area contributed by atoms with Gasteiger partial charge in [-0.25, -0.2) is 0 Å². The summed E-state index contributed by atoms with van der Waals surface area (Å²) >= 11 is 6.03. The van der Waals surface area contributed by atoms with Gasteiger partial charge in [0.15, 0.2) is 0 Å². The molecule has 0 aliphatic rings. The quantitative estimate of drug-likeness (QED) is 0.738. The minimum absolute atomic E-state index is 0.725. The standard InChI is InChI=1S/C10H8ClN2/c1-7-6-12-13-10(7)8-4-2-3-5-9(8)11/h2-5H,1H3,(H,12,13). The molecule has 3 heteroatoms. The second-order valence-electron chi connectivity index (χ2n) is 2.82. The van der Waals surface area contributed by atoms with Gasteiger partial charge in [0.1, 0.15) is 6.20 Å². The van der Waals surface area contributed by atoms with E-state index in [-0.39, 0.29) is 0 Å². The first-order chi connectivity index (χ1) is 6.29. The van der Waals surface area contributed by atoms with E-state index < -0.39 is 0 Å². The third-order valence-electron chi connectivity index (χ3n) is 1.91. The van der Waals surface area contributed by atoms with Crippen LogP contribution in [-0.2, 0) is 0 Å². The van der Waals surface area contributed by atoms with E-state index in [1.54, 1.807) is 0 Å². The van der Waals surface area contributed by atoms with Crippen LogP contribution in [0.3, 0.4) is 0 Å². The van der Waals surface area contributed by atoms with E-state index in [2.05, 4.69) is 16.4 Å². The summed E-state index contributed by atoms with van der Waals surface area (Å²) in [5.41, 5.74) is 2.88. The molecule has 0 saturated carbocycles. The van der Waals surface area contributed by atoms with Crippen LogP contribution < -0.4 is 0 Å². The van der Waals surface area contributed by atoms with Crippen molar-refractivity contribution in [2.75, 3.05) is 0 Å². The zero-order chi connectivity index (χ0) is 9.26. The molecule has 2 nitrogen and oxygen atoms in total. The van der Waals surface area contributed by atoms with E-state index in [4.69, 9.17) is 11.6 Å². The predicted octanol–water partition coefficient (Wildman–Crippen LogP) is 2.84. The maximum Gasteiger partial charge on any atom is 0.116 e. The Morgan fingerprint density at radius 1 is 1.38 bits per heavy atom. The lowest BCUT2D eigenvalue weighted by molar-refractivity contribution is 1.09. The van der Waals surface area contributed by atoms with Gasteiger partial charge in [-0.15, -0.1) is 0 Å². The lowest BCUT2D eigenvalue weighted by Crippen LogP contribution is -1.81. The van der Waals surface area contributed by atoms with Crippen molar-refractivity contribution < 1.29 is 0 Å². The Hall–Kier alpha value is -1.28. The number of nitrogens with one attached hydrogen (secondary N) is 1. The van der Waals surface area contributed by atoms with Crippen molar-refractivity contribution in [3.05, 3.63) is 41.0 Å². The summed E-state index contributed by atoms with van der Waals surface area (Å²) in [6.07, 6.45) is 2.83. The fourth-order valence-electron chi connectivity index (χ4n) is 1.23. The fourth-order valence-corrected chi connectivity index (χ4v) is 1.46. The summed E-state index contributed by atoms with van der Waals surface area (Å²) in [5, 5.41) is 7.43. The smallest absolute Gasteiger partial charge is 0.116 e. The molecule has 2 aromatic rings. The summed E-state index contributed by atoms with van der Waals surface area (Å²) in [6, 6.07) is 7.66. The molecular weight excluding hydrogens is 184 g/mol. The average Bonchev–Trinajstić information content (AvgIpc) is 2.52. The second-order valence-corrected chi connectivity index (χ2v) is 3.22. The van der Waals surface area contributed by atoms with Crippen LogP contribution in [-0.4, -0.2) is 10.2 Å². The van der Waals surface area contributed by atoms with Crippen LogP contribution >= 0.6 is 11.6 Å². The maximum atomic E-state index is 6.03. The molecule has 13 heavy (non-hydrogen) atoms. The molecule has 0 spiro atoms. The van der Waals surface area contributed by atoms with Gasteiger partial charge in [-0.2, -0.15) is 5.10 Å². The lowest BCUT2D eigenvalue weighted by atomic mass is 10.1. The number of hydrogen-bond acceptors (Lipinski definition) is 1. The van der Waals surface area contributed by atoms with Crippen LogP contribution in [0.1, 0.15) is 5.56 Å². The predicted molar refractivity (Wildman–Crippen MR) is 52.6 cm³/mol. The first-order valence-electron chi connectivity index (χ1n) is 3.96. The van der Waals surface area contributed by atoms with Gasteiger partial charge in [-0.1, -0.05) is 29.8 Å². The SMILES string of the molecule is Cc1[c]n[nH]c1-c1ccccc1Cl. The Labute approximate surface area is 81.6 Å². The van der Waals surface area contributed by atoms with Crippen LogP contribution in [0.2, 0.25) is 5.02 Å². The van der Waals surface area contributed by atoms with E-state index in [1.807, 2.05) is 31.2 Å². The molecule has 0 amide bonds.